The average Bonchev–Trinajstić information content (AvgIpc) is 2.67. The van der Waals surface area contributed by atoms with Crippen molar-refractivity contribution in [2.24, 2.45) is 0 Å². The number of ether oxygens (including phenoxy) is 2. The van der Waals surface area contributed by atoms with Crippen LogP contribution < -0.4 is 29.6 Å². The van der Waals surface area contributed by atoms with Crippen LogP contribution in [-0.2, 0) is 38.1 Å². The van der Waals surface area contributed by atoms with Crippen molar-refractivity contribution in [3.63, 3.8) is 0 Å². The molecule has 2 rings (SSSR count). The minimum absolute atomic E-state index is 0. The number of rotatable bonds is 4. The van der Waals surface area contributed by atoms with Crippen molar-refractivity contribution < 1.29 is 73.3 Å². The van der Waals surface area contributed by atoms with Crippen LogP contribution in [0.2, 0.25) is 0 Å². The third kappa shape index (κ3) is 4.57. The number of hydrogen-bond acceptors (Lipinski definition) is 10. The molecule has 2 saturated heterocycles. The third-order valence-corrected chi connectivity index (χ3v) is 4.21. The van der Waals surface area contributed by atoms with Crippen LogP contribution in [0.4, 0.5) is 0 Å². The zero-order valence-electron chi connectivity index (χ0n) is 9.66. The normalized spacial score (nSPS) is 34.8. The van der Waals surface area contributed by atoms with Gasteiger partial charge >= 0.3 is 40.0 Å². The van der Waals surface area contributed by atoms with E-state index in [0.717, 1.165) is 0 Å². The summed E-state index contributed by atoms with van der Waals surface area (Å²) in [5, 5.41) is 9.37. The standard InChI is InChI=1S/C6H10O10S2.Na/c7-3-1-13-6-4(2-14-5(3)6)15-18(11,12)16-17(8,9)10;/h3-7H,1-2H2,(H,8,9,10);/q;+1/p-1/t3-,4+,5+,6+;/m0./s1. The minimum Gasteiger partial charge on any atom is -0.725 e. The first kappa shape index (κ1) is 17.7. The van der Waals surface area contributed by atoms with Crippen LogP contribution in [0.3, 0.4) is 0 Å². The molecular formula is C6H9NaO10S2. The van der Waals surface area contributed by atoms with Crippen LogP contribution >= 0.6 is 0 Å². The van der Waals surface area contributed by atoms with Crippen molar-refractivity contribution in [3.8, 4) is 0 Å². The molecule has 0 aliphatic carbocycles. The van der Waals surface area contributed by atoms with Gasteiger partial charge in [0.25, 0.3) is 0 Å². The van der Waals surface area contributed by atoms with Gasteiger partial charge in [0, 0.05) is 0 Å². The van der Waals surface area contributed by atoms with Crippen LogP contribution in [0.15, 0.2) is 0 Å². The minimum atomic E-state index is -5.45. The Balaban J connectivity index is 0.00000180. The summed E-state index contributed by atoms with van der Waals surface area (Å²) >= 11 is 0. The number of fused-ring (bicyclic) bond motifs is 1. The molecule has 0 bridgehead atoms. The summed E-state index contributed by atoms with van der Waals surface area (Å²) < 4.78 is 70.3. The zero-order valence-corrected chi connectivity index (χ0v) is 13.3. The SMILES string of the molecule is O=S(=O)([O-])OS(=O)(=O)O[C@@H]1CO[C@H]2[C@@H]1OC[C@@H]2O.[Na+]. The molecule has 0 amide bonds. The van der Waals surface area contributed by atoms with Crippen molar-refractivity contribution in [3.05, 3.63) is 0 Å². The third-order valence-electron chi connectivity index (χ3n) is 2.39. The van der Waals surface area contributed by atoms with Gasteiger partial charge in [0.05, 0.1) is 13.2 Å². The monoisotopic (exact) mass is 328 g/mol. The Bertz CT molecular complexity index is 514. The summed E-state index contributed by atoms with van der Waals surface area (Å²) in [4.78, 5) is 0. The second-order valence-corrected chi connectivity index (χ2v) is 6.05. The average molecular weight is 328 g/mol. The summed E-state index contributed by atoms with van der Waals surface area (Å²) in [5.41, 5.74) is 0. The Morgan fingerprint density at radius 3 is 2.26 bits per heavy atom. The second kappa shape index (κ2) is 6.19. The molecule has 2 fully saturated rings. The predicted molar refractivity (Wildman–Crippen MR) is 50.1 cm³/mol. The first-order chi connectivity index (χ1) is 8.18. The predicted octanol–water partition coefficient (Wildman–Crippen LogP) is -5.74. The van der Waals surface area contributed by atoms with Gasteiger partial charge in [0.1, 0.15) is 24.4 Å². The molecule has 0 aromatic rings. The van der Waals surface area contributed by atoms with Gasteiger partial charge in [-0.3, -0.25) is 0 Å². The molecule has 2 aliphatic heterocycles. The van der Waals surface area contributed by atoms with E-state index in [1.807, 2.05) is 0 Å². The molecule has 2 aliphatic rings. The van der Waals surface area contributed by atoms with Crippen molar-refractivity contribution >= 4 is 20.8 Å². The number of aliphatic hydroxyl groups is 1. The summed E-state index contributed by atoms with van der Waals surface area (Å²) in [6.45, 7) is -0.302. The summed E-state index contributed by atoms with van der Waals surface area (Å²) in [7, 11) is -10.5. The van der Waals surface area contributed by atoms with E-state index >= 15 is 0 Å². The molecule has 0 spiro atoms. The quantitative estimate of drug-likeness (QED) is 0.300. The first-order valence-electron chi connectivity index (χ1n) is 4.69. The van der Waals surface area contributed by atoms with Gasteiger partial charge in [-0.05, 0) is 0 Å². The number of hydrogen-bond donors (Lipinski definition) is 1. The molecule has 1 N–H and O–H groups in total. The molecule has 0 saturated carbocycles. The zero-order chi connectivity index (χ0) is 13.6. The van der Waals surface area contributed by atoms with Crippen molar-refractivity contribution in [2.45, 2.75) is 24.4 Å². The molecule has 13 heteroatoms. The molecule has 0 aromatic carbocycles. The molecule has 10 nitrogen and oxygen atoms in total. The maximum atomic E-state index is 11.1. The summed E-state index contributed by atoms with van der Waals surface area (Å²) in [6.07, 6.45) is -3.73. The van der Waals surface area contributed by atoms with Gasteiger partial charge in [0.2, 0.25) is 10.4 Å². The fourth-order valence-corrected chi connectivity index (χ4v) is 3.21. The van der Waals surface area contributed by atoms with Crippen LogP contribution in [0.5, 0.6) is 0 Å². The molecular weight excluding hydrogens is 319 g/mol. The smallest absolute Gasteiger partial charge is 0.725 e. The maximum Gasteiger partial charge on any atom is 1.00 e. The van der Waals surface area contributed by atoms with E-state index in [1.54, 1.807) is 0 Å². The van der Waals surface area contributed by atoms with E-state index in [9.17, 15) is 26.5 Å². The van der Waals surface area contributed by atoms with Crippen LogP contribution in [0.25, 0.3) is 0 Å². The Morgan fingerprint density at radius 2 is 1.68 bits per heavy atom. The van der Waals surface area contributed by atoms with Gasteiger partial charge in [-0.1, -0.05) is 0 Å². The molecule has 19 heavy (non-hydrogen) atoms. The van der Waals surface area contributed by atoms with Gasteiger partial charge in [0.15, 0.2) is 0 Å². The van der Waals surface area contributed by atoms with Gasteiger partial charge < -0.3 is 19.1 Å². The second-order valence-electron chi connectivity index (χ2n) is 3.68. The van der Waals surface area contributed by atoms with E-state index < -0.39 is 45.2 Å². The van der Waals surface area contributed by atoms with Crippen molar-refractivity contribution in [1.82, 2.24) is 0 Å². The van der Waals surface area contributed by atoms with Crippen molar-refractivity contribution in [1.29, 1.82) is 0 Å². The first-order valence-corrected chi connectivity index (χ1v) is 7.36. The summed E-state index contributed by atoms with van der Waals surface area (Å²) in [6, 6.07) is 0. The van der Waals surface area contributed by atoms with E-state index in [-0.39, 0.29) is 42.8 Å². The van der Waals surface area contributed by atoms with E-state index in [4.69, 9.17) is 9.47 Å². The van der Waals surface area contributed by atoms with Crippen molar-refractivity contribution in [2.75, 3.05) is 13.2 Å². The molecule has 106 valence electrons. The van der Waals surface area contributed by atoms with Crippen LogP contribution in [0, 0.1) is 0 Å². The molecule has 0 unspecified atom stereocenters. The summed E-state index contributed by atoms with van der Waals surface area (Å²) in [5.74, 6) is 0. The Kier molecular flexibility index (Phi) is 5.77. The molecule has 0 radical (unpaired) electrons. The van der Waals surface area contributed by atoms with Gasteiger partial charge in [-0.2, -0.15) is 8.42 Å². The number of aliphatic hydroxyl groups excluding tert-OH is 1. The largest absolute Gasteiger partial charge is 1.00 e. The van der Waals surface area contributed by atoms with E-state index in [0.29, 0.717) is 0 Å². The fourth-order valence-electron chi connectivity index (χ4n) is 1.80. The van der Waals surface area contributed by atoms with Crippen LogP contribution in [0.1, 0.15) is 0 Å². The maximum absolute atomic E-state index is 11.1. The Hall–Kier alpha value is 0.660. The Labute approximate surface area is 131 Å². The Morgan fingerprint density at radius 1 is 1.11 bits per heavy atom. The fraction of sp³-hybridized carbons (Fsp3) is 1.00. The van der Waals surface area contributed by atoms with E-state index in [2.05, 4.69) is 7.81 Å². The van der Waals surface area contributed by atoms with Gasteiger partial charge in [-0.25, -0.2) is 12.6 Å². The van der Waals surface area contributed by atoms with E-state index in [1.165, 1.54) is 0 Å². The molecule has 2 heterocycles. The molecule has 4 atom stereocenters. The topological polar surface area (TPSA) is 148 Å². The van der Waals surface area contributed by atoms with Crippen LogP contribution in [-0.4, -0.2) is 64.1 Å². The molecule has 0 aromatic heterocycles. The van der Waals surface area contributed by atoms with Gasteiger partial charge in [-0.15, -0.1) is 3.63 Å².